The van der Waals surface area contributed by atoms with Gasteiger partial charge >= 0.3 is 5.97 Å². The van der Waals surface area contributed by atoms with Crippen LogP contribution < -0.4 is 15.0 Å². The lowest BCUT2D eigenvalue weighted by Crippen LogP contribution is -2.60. The zero-order valence-electron chi connectivity index (χ0n) is 29.5. The van der Waals surface area contributed by atoms with E-state index in [4.69, 9.17) is 21.1 Å². The molecule has 50 heavy (non-hydrogen) atoms. The Bertz CT molecular complexity index is 1390. The monoisotopic (exact) mass is 722 g/mol. The highest BCUT2D eigenvalue weighted by atomic mass is 35.5. The van der Waals surface area contributed by atoms with Crippen molar-refractivity contribution in [2.45, 2.75) is 141 Å². The molecule has 2 N–H and O–H groups in total. The molecule has 4 rings (SSSR count). The molecule has 2 aromatic rings. The maximum atomic E-state index is 14.9. The molecule has 0 aliphatic carbocycles. The van der Waals surface area contributed by atoms with Crippen LogP contribution in [-0.2, 0) is 20.7 Å². The number of hydrogen-bond donors (Lipinski definition) is 2. The Hall–Kier alpha value is -2.98. The Morgan fingerprint density at radius 1 is 0.900 bits per heavy atom. The molecule has 0 bridgehead atoms. The number of piperidine rings is 1. The number of esters is 1. The number of nitrogens with zero attached hydrogens (tertiary/aromatic N) is 1. The SMILES string of the molecule is CCCCCCCCCCCCCCCCCC(=O)OC1CN(c2c(F)cc(Cl)cc2F)CC[C@@]1(O)COc1ccc(F)c2c1CCC(=O)N2. The zero-order chi connectivity index (χ0) is 35.9. The number of anilines is 2. The average molecular weight is 723 g/mol. The summed E-state index contributed by atoms with van der Waals surface area (Å²) in [6.45, 7) is 1.78. The summed E-state index contributed by atoms with van der Waals surface area (Å²) in [5.41, 5.74) is -1.51. The molecule has 1 saturated heterocycles. The van der Waals surface area contributed by atoms with Gasteiger partial charge < -0.3 is 24.8 Å². The van der Waals surface area contributed by atoms with Gasteiger partial charge in [-0.15, -0.1) is 0 Å². The van der Waals surface area contributed by atoms with Gasteiger partial charge in [0.05, 0.1) is 12.2 Å². The molecule has 2 atom stereocenters. The van der Waals surface area contributed by atoms with Crippen molar-refractivity contribution < 1.29 is 37.3 Å². The van der Waals surface area contributed by atoms with Crippen molar-refractivity contribution in [3.8, 4) is 5.75 Å². The molecule has 1 amide bonds. The Morgan fingerprint density at radius 2 is 1.48 bits per heavy atom. The first-order chi connectivity index (χ1) is 24.1. The number of carbonyl (C=O) groups is 2. The third kappa shape index (κ3) is 11.8. The van der Waals surface area contributed by atoms with Gasteiger partial charge in [-0.2, -0.15) is 0 Å². The van der Waals surface area contributed by atoms with Gasteiger partial charge in [0.25, 0.3) is 0 Å². The number of carbonyl (C=O) groups excluding carboxylic acids is 2. The van der Waals surface area contributed by atoms with Gasteiger partial charge in [-0.25, -0.2) is 13.2 Å². The van der Waals surface area contributed by atoms with Crippen LogP contribution in [0.1, 0.15) is 128 Å². The average Bonchev–Trinajstić information content (AvgIpc) is 3.07. The molecule has 1 fully saturated rings. The third-order valence-corrected chi connectivity index (χ3v) is 10.1. The summed E-state index contributed by atoms with van der Waals surface area (Å²) in [5, 5.41) is 14.3. The van der Waals surface area contributed by atoms with E-state index in [2.05, 4.69) is 12.2 Å². The Balaban J connectivity index is 1.27. The zero-order valence-corrected chi connectivity index (χ0v) is 30.2. The lowest BCUT2D eigenvalue weighted by atomic mass is 9.88. The van der Waals surface area contributed by atoms with Crippen molar-refractivity contribution in [2.75, 3.05) is 29.9 Å². The van der Waals surface area contributed by atoms with E-state index in [-0.39, 0.29) is 73.4 Å². The van der Waals surface area contributed by atoms with Gasteiger partial charge in [0, 0.05) is 36.4 Å². The highest BCUT2D eigenvalue weighted by Crippen LogP contribution is 2.37. The highest BCUT2D eigenvalue weighted by molar-refractivity contribution is 6.30. The molecule has 0 spiro atoms. The highest BCUT2D eigenvalue weighted by Gasteiger charge is 2.46. The molecule has 2 aliphatic heterocycles. The standard InChI is InChI=1S/C39H54ClF3N2O5/c1-2-3-4-5-6-7-8-9-10-11-12-13-14-15-16-17-36(47)50-34-26-45(38-31(42)24-28(40)25-32(38)43)23-22-39(34,48)27-49-33-20-19-30(41)37-29(33)18-21-35(46)44-37/h19-20,24-25,34,48H,2-18,21-23,26-27H2,1H3,(H,44,46)/t34?,39-/m1/s1. The summed E-state index contributed by atoms with van der Waals surface area (Å²) in [4.78, 5) is 26.3. The Kier molecular flexibility index (Phi) is 16.0. The lowest BCUT2D eigenvalue weighted by molar-refractivity contribution is -0.172. The summed E-state index contributed by atoms with van der Waals surface area (Å²) in [6.07, 6.45) is 17.4. The second kappa shape index (κ2) is 20.2. The molecule has 2 heterocycles. The summed E-state index contributed by atoms with van der Waals surface area (Å²) < 4.78 is 56.0. The number of hydrogen-bond acceptors (Lipinski definition) is 6. The number of unbranched alkanes of at least 4 members (excludes halogenated alkanes) is 14. The molecular weight excluding hydrogens is 669 g/mol. The van der Waals surface area contributed by atoms with Gasteiger partial charge in [-0.3, -0.25) is 9.59 Å². The van der Waals surface area contributed by atoms with Crippen molar-refractivity contribution in [1.82, 2.24) is 0 Å². The molecule has 0 aromatic heterocycles. The second-order valence-electron chi connectivity index (χ2n) is 13.9. The van der Waals surface area contributed by atoms with Crippen LogP contribution in [0.15, 0.2) is 24.3 Å². The van der Waals surface area contributed by atoms with E-state index in [0.29, 0.717) is 12.0 Å². The van der Waals surface area contributed by atoms with Crippen LogP contribution in [-0.4, -0.2) is 48.4 Å². The molecular formula is C39H54ClF3N2O5. The van der Waals surface area contributed by atoms with Crippen LogP contribution in [0, 0.1) is 17.5 Å². The maximum absolute atomic E-state index is 14.9. The van der Waals surface area contributed by atoms with Gasteiger partial charge in [-0.05, 0) is 37.1 Å². The minimum atomic E-state index is -1.71. The number of aliphatic hydroxyl groups is 1. The van der Waals surface area contributed by atoms with Crippen molar-refractivity contribution in [1.29, 1.82) is 0 Å². The molecule has 11 heteroatoms. The fourth-order valence-electron chi connectivity index (χ4n) is 6.92. The third-order valence-electron chi connectivity index (χ3n) is 9.92. The predicted molar refractivity (Wildman–Crippen MR) is 191 cm³/mol. The fraction of sp³-hybridized carbons (Fsp3) is 0.641. The normalized spacial score (nSPS) is 18.9. The molecule has 2 aliphatic rings. The van der Waals surface area contributed by atoms with E-state index < -0.39 is 35.1 Å². The topological polar surface area (TPSA) is 88.1 Å². The first-order valence-corrected chi connectivity index (χ1v) is 19.0. The first-order valence-electron chi connectivity index (χ1n) is 18.7. The largest absolute Gasteiger partial charge is 0.490 e. The molecule has 0 saturated carbocycles. The van der Waals surface area contributed by atoms with Crippen molar-refractivity contribution in [3.63, 3.8) is 0 Å². The molecule has 1 unspecified atom stereocenters. The van der Waals surface area contributed by atoms with Crippen LogP contribution >= 0.6 is 11.6 Å². The van der Waals surface area contributed by atoms with E-state index in [1.807, 2.05) is 0 Å². The summed E-state index contributed by atoms with van der Waals surface area (Å²) in [7, 11) is 0. The minimum absolute atomic E-state index is 0.0362. The Labute approximate surface area is 300 Å². The van der Waals surface area contributed by atoms with E-state index in [9.17, 15) is 27.9 Å². The number of rotatable bonds is 21. The van der Waals surface area contributed by atoms with Crippen LogP contribution in [0.4, 0.5) is 24.5 Å². The second-order valence-corrected chi connectivity index (χ2v) is 14.4. The number of halogens is 4. The van der Waals surface area contributed by atoms with E-state index in [1.165, 1.54) is 87.7 Å². The van der Waals surface area contributed by atoms with Crippen LogP contribution in [0.25, 0.3) is 0 Å². The fourth-order valence-corrected chi connectivity index (χ4v) is 7.11. The van der Waals surface area contributed by atoms with Crippen LogP contribution in [0.3, 0.4) is 0 Å². The maximum Gasteiger partial charge on any atom is 0.306 e. The smallest absolute Gasteiger partial charge is 0.306 e. The molecule has 2 aromatic carbocycles. The Morgan fingerprint density at radius 3 is 2.08 bits per heavy atom. The molecule has 7 nitrogen and oxygen atoms in total. The summed E-state index contributed by atoms with van der Waals surface area (Å²) in [6, 6.07) is 4.63. The summed E-state index contributed by atoms with van der Waals surface area (Å²) in [5.74, 6) is -2.84. The minimum Gasteiger partial charge on any atom is -0.490 e. The number of nitrogens with one attached hydrogen (secondary N) is 1. The van der Waals surface area contributed by atoms with Crippen molar-refractivity contribution >= 4 is 34.9 Å². The summed E-state index contributed by atoms with van der Waals surface area (Å²) >= 11 is 5.84. The number of fused-ring (bicyclic) bond motifs is 1. The number of ether oxygens (including phenoxy) is 2. The van der Waals surface area contributed by atoms with E-state index in [0.717, 1.165) is 31.4 Å². The van der Waals surface area contributed by atoms with Gasteiger partial charge in [-0.1, -0.05) is 108 Å². The van der Waals surface area contributed by atoms with Crippen molar-refractivity contribution in [2.24, 2.45) is 0 Å². The van der Waals surface area contributed by atoms with Gasteiger partial charge in [0.2, 0.25) is 5.91 Å². The van der Waals surface area contributed by atoms with Gasteiger partial charge in [0.1, 0.15) is 29.5 Å². The van der Waals surface area contributed by atoms with Crippen LogP contribution in [0.5, 0.6) is 5.75 Å². The molecule has 278 valence electrons. The number of amides is 1. The molecule has 0 radical (unpaired) electrons. The first kappa shape index (κ1) is 39.8. The van der Waals surface area contributed by atoms with Crippen LogP contribution in [0.2, 0.25) is 5.02 Å². The van der Waals surface area contributed by atoms with E-state index >= 15 is 0 Å². The van der Waals surface area contributed by atoms with E-state index in [1.54, 1.807) is 0 Å². The van der Waals surface area contributed by atoms with Crippen molar-refractivity contribution in [3.05, 3.63) is 52.3 Å². The quantitative estimate of drug-likeness (QED) is 0.0986. The van der Waals surface area contributed by atoms with Gasteiger partial charge in [0.15, 0.2) is 17.7 Å². The predicted octanol–water partition coefficient (Wildman–Crippen LogP) is 9.84. The number of benzene rings is 2. The lowest BCUT2D eigenvalue weighted by Gasteiger charge is -2.44.